The highest BCUT2D eigenvalue weighted by Crippen LogP contribution is 2.30. The van der Waals surface area contributed by atoms with Gasteiger partial charge < -0.3 is 9.32 Å². The minimum atomic E-state index is -0.00736. The maximum Gasteiger partial charge on any atom is 0.225 e. The second-order valence-electron chi connectivity index (χ2n) is 6.53. The van der Waals surface area contributed by atoms with E-state index >= 15 is 0 Å². The number of ketones is 1. The lowest BCUT2D eigenvalue weighted by Gasteiger charge is -2.31. The summed E-state index contributed by atoms with van der Waals surface area (Å²) < 4.78 is 5.94. The van der Waals surface area contributed by atoms with Crippen LogP contribution in [-0.2, 0) is 0 Å². The van der Waals surface area contributed by atoms with Crippen molar-refractivity contribution in [2.75, 3.05) is 18.0 Å². The van der Waals surface area contributed by atoms with E-state index in [1.54, 1.807) is 6.20 Å². The third-order valence-electron chi connectivity index (χ3n) is 4.71. The molecule has 1 aromatic carbocycles. The molecule has 0 saturated carbocycles. The van der Waals surface area contributed by atoms with Crippen LogP contribution in [0.15, 0.2) is 34.9 Å². The highest BCUT2D eigenvalue weighted by molar-refractivity contribution is 5.94. The first-order chi connectivity index (χ1) is 12.1. The van der Waals surface area contributed by atoms with Crippen molar-refractivity contribution in [1.29, 1.82) is 0 Å². The molecule has 0 aliphatic carbocycles. The first-order valence-corrected chi connectivity index (χ1v) is 8.57. The minimum Gasteiger partial charge on any atom is -0.440 e. The van der Waals surface area contributed by atoms with Crippen molar-refractivity contribution < 1.29 is 9.21 Å². The van der Waals surface area contributed by atoms with Gasteiger partial charge in [0.2, 0.25) is 5.95 Å². The standard InChI is InChI=1S/C19H20N4O2/c1-12-15(13(2)24)10-20-19(21-12)23-9-5-6-14(11-23)18-22-16-7-3-4-8-17(16)25-18/h3-4,7-8,10,14H,5-6,9,11H2,1-2H3. The van der Waals surface area contributed by atoms with Crippen molar-refractivity contribution in [2.24, 2.45) is 0 Å². The number of Topliss-reactive ketones (excluding diaryl/α,β-unsaturated/α-hetero) is 1. The number of oxazole rings is 1. The molecule has 1 aliphatic rings. The second-order valence-corrected chi connectivity index (χ2v) is 6.53. The zero-order valence-electron chi connectivity index (χ0n) is 14.4. The maximum atomic E-state index is 11.6. The van der Waals surface area contributed by atoms with E-state index in [9.17, 15) is 4.79 Å². The lowest BCUT2D eigenvalue weighted by molar-refractivity contribution is 0.101. The van der Waals surface area contributed by atoms with Crippen molar-refractivity contribution in [3.8, 4) is 0 Å². The minimum absolute atomic E-state index is 0.00736. The second kappa shape index (κ2) is 6.27. The number of benzene rings is 1. The third-order valence-corrected chi connectivity index (χ3v) is 4.71. The van der Waals surface area contributed by atoms with Crippen molar-refractivity contribution in [3.63, 3.8) is 0 Å². The van der Waals surface area contributed by atoms with Gasteiger partial charge >= 0.3 is 0 Å². The molecule has 3 heterocycles. The molecule has 0 amide bonds. The van der Waals surface area contributed by atoms with Gasteiger partial charge in [0.15, 0.2) is 17.3 Å². The van der Waals surface area contributed by atoms with Crippen LogP contribution in [0, 0.1) is 6.92 Å². The van der Waals surface area contributed by atoms with Crippen LogP contribution in [0.5, 0.6) is 0 Å². The predicted molar refractivity (Wildman–Crippen MR) is 95.0 cm³/mol. The van der Waals surface area contributed by atoms with E-state index in [1.807, 2.05) is 31.2 Å². The monoisotopic (exact) mass is 336 g/mol. The zero-order valence-corrected chi connectivity index (χ0v) is 14.4. The molecule has 1 aliphatic heterocycles. The van der Waals surface area contributed by atoms with Crippen molar-refractivity contribution in [1.82, 2.24) is 15.0 Å². The van der Waals surface area contributed by atoms with Gasteiger partial charge in [-0.2, -0.15) is 0 Å². The molecule has 4 rings (SSSR count). The van der Waals surface area contributed by atoms with Crippen LogP contribution in [-0.4, -0.2) is 33.8 Å². The Bertz CT molecular complexity index is 901. The van der Waals surface area contributed by atoms with Crippen LogP contribution < -0.4 is 4.90 Å². The summed E-state index contributed by atoms with van der Waals surface area (Å²) in [6.07, 6.45) is 3.69. The largest absolute Gasteiger partial charge is 0.440 e. The number of aryl methyl sites for hydroxylation is 1. The average Bonchev–Trinajstić information content (AvgIpc) is 3.05. The normalized spacial score (nSPS) is 17.8. The molecule has 0 radical (unpaired) electrons. The Morgan fingerprint density at radius 1 is 1.28 bits per heavy atom. The Hall–Kier alpha value is -2.76. The zero-order chi connectivity index (χ0) is 17.4. The SMILES string of the molecule is CC(=O)c1cnc(N2CCCC(c3nc4ccccc4o3)C2)nc1C. The van der Waals surface area contributed by atoms with E-state index in [0.717, 1.165) is 48.6 Å². The van der Waals surface area contributed by atoms with Gasteiger partial charge in [0.25, 0.3) is 0 Å². The predicted octanol–water partition coefficient (Wildman–Crippen LogP) is 3.51. The van der Waals surface area contributed by atoms with Gasteiger partial charge in [-0.3, -0.25) is 4.79 Å². The summed E-state index contributed by atoms with van der Waals surface area (Å²) in [7, 11) is 0. The first-order valence-electron chi connectivity index (χ1n) is 8.57. The number of carbonyl (C=O) groups excluding carboxylic acids is 1. The Balaban J connectivity index is 1.58. The number of fused-ring (bicyclic) bond motifs is 1. The van der Waals surface area contributed by atoms with Gasteiger partial charge in [-0.05, 0) is 38.8 Å². The topological polar surface area (TPSA) is 72.1 Å². The highest BCUT2D eigenvalue weighted by atomic mass is 16.3. The maximum absolute atomic E-state index is 11.6. The Kier molecular flexibility index (Phi) is 3.95. The highest BCUT2D eigenvalue weighted by Gasteiger charge is 2.27. The van der Waals surface area contributed by atoms with E-state index < -0.39 is 0 Å². The molecular weight excluding hydrogens is 316 g/mol. The number of anilines is 1. The van der Waals surface area contributed by atoms with E-state index in [-0.39, 0.29) is 11.7 Å². The van der Waals surface area contributed by atoms with E-state index in [2.05, 4.69) is 19.9 Å². The fourth-order valence-corrected chi connectivity index (χ4v) is 3.38. The smallest absolute Gasteiger partial charge is 0.225 e. The average molecular weight is 336 g/mol. The van der Waals surface area contributed by atoms with Gasteiger partial charge in [-0.15, -0.1) is 0 Å². The molecule has 3 aromatic rings. The number of rotatable bonds is 3. The number of carbonyl (C=O) groups is 1. The molecule has 0 N–H and O–H groups in total. The number of para-hydroxylation sites is 2. The van der Waals surface area contributed by atoms with Gasteiger partial charge in [-0.25, -0.2) is 15.0 Å². The summed E-state index contributed by atoms with van der Waals surface area (Å²) in [6.45, 7) is 5.06. The van der Waals surface area contributed by atoms with Gasteiger partial charge in [0.05, 0.1) is 17.2 Å². The van der Waals surface area contributed by atoms with Crippen LogP contribution in [0.3, 0.4) is 0 Å². The first kappa shape index (κ1) is 15.7. The number of nitrogens with zero attached hydrogens (tertiary/aromatic N) is 4. The quantitative estimate of drug-likeness (QED) is 0.682. The van der Waals surface area contributed by atoms with Crippen LogP contribution in [0.1, 0.15) is 47.6 Å². The molecule has 1 fully saturated rings. The van der Waals surface area contributed by atoms with Gasteiger partial charge in [0, 0.05) is 19.3 Å². The summed E-state index contributed by atoms with van der Waals surface area (Å²) in [6, 6.07) is 7.84. The fourth-order valence-electron chi connectivity index (χ4n) is 3.38. The van der Waals surface area contributed by atoms with Crippen molar-refractivity contribution in [3.05, 3.63) is 47.6 Å². The van der Waals surface area contributed by atoms with Crippen LogP contribution in [0.4, 0.5) is 5.95 Å². The fraction of sp³-hybridized carbons (Fsp3) is 0.368. The van der Waals surface area contributed by atoms with Crippen molar-refractivity contribution in [2.45, 2.75) is 32.6 Å². The lowest BCUT2D eigenvalue weighted by atomic mass is 9.98. The number of hydrogen-bond acceptors (Lipinski definition) is 6. The van der Waals surface area contributed by atoms with Crippen LogP contribution >= 0.6 is 0 Å². The third kappa shape index (κ3) is 2.99. The Morgan fingerprint density at radius 3 is 2.88 bits per heavy atom. The van der Waals surface area contributed by atoms with Gasteiger partial charge in [-0.1, -0.05) is 12.1 Å². The molecule has 1 unspecified atom stereocenters. The number of piperidine rings is 1. The molecule has 6 heteroatoms. The number of hydrogen-bond donors (Lipinski definition) is 0. The molecule has 0 bridgehead atoms. The van der Waals surface area contributed by atoms with E-state index in [0.29, 0.717) is 11.5 Å². The molecule has 128 valence electrons. The summed E-state index contributed by atoms with van der Waals surface area (Å²) in [5.74, 6) is 1.66. The molecule has 0 spiro atoms. The van der Waals surface area contributed by atoms with Crippen LogP contribution in [0.25, 0.3) is 11.1 Å². The van der Waals surface area contributed by atoms with E-state index in [1.165, 1.54) is 6.92 Å². The van der Waals surface area contributed by atoms with Crippen molar-refractivity contribution >= 4 is 22.8 Å². The summed E-state index contributed by atoms with van der Waals surface area (Å²) >= 11 is 0. The summed E-state index contributed by atoms with van der Waals surface area (Å²) in [5.41, 5.74) is 3.03. The molecule has 2 aromatic heterocycles. The molecule has 1 atom stereocenters. The molecular formula is C19H20N4O2. The number of aromatic nitrogens is 3. The summed E-state index contributed by atoms with van der Waals surface area (Å²) in [5, 5.41) is 0. The van der Waals surface area contributed by atoms with Crippen LogP contribution in [0.2, 0.25) is 0 Å². The Labute approximate surface area is 145 Å². The summed E-state index contributed by atoms with van der Waals surface area (Å²) in [4.78, 5) is 27.3. The Morgan fingerprint density at radius 2 is 2.12 bits per heavy atom. The lowest BCUT2D eigenvalue weighted by Crippen LogP contribution is -2.35. The van der Waals surface area contributed by atoms with Gasteiger partial charge in [0.1, 0.15) is 5.52 Å². The molecule has 6 nitrogen and oxygen atoms in total. The molecule has 1 saturated heterocycles. The van der Waals surface area contributed by atoms with E-state index in [4.69, 9.17) is 4.42 Å². The molecule has 25 heavy (non-hydrogen) atoms.